The van der Waals surface area contributed by atoms with Gasteiger partial charge < -0.3 is 4.74 Å². The van der Waals surface area contributed by atoms with Gasteiger partial charge in [0.2, 0.25) is 0 Å². The summed E-state index contributed by atoms with van der Waals surface area (Å²) in [6.07, 6.45) is 1.51. The number of sulfonamides is 1. The van der Waals surface area contributed by atoms with Crippen molar-refractivity contribution in [2.75, 3.05) is 17.5 Å². The van der Waals surface area contributed by atoms with Crippen molar-refractivity contribution >= 4 is 39.2 Å². The Bertz CT molecular complexity index is 1140. The summed E-state index contributed by atoms with van der Waals surface area (Å²) < 4.78 is 33.6. The molecule has 0 spiro atoms. The van der Waals surface area contributed by atoms with Gasteiger partial charge >= 0.3 is 0 Å². The molecule has 3 aromatic rings. The van der Waals surface area contributed by atoms with Gasteiger partial charge in [0.05, 0.1) is 23.4 Å². The predicted molar refractivity (Wildman–Crippen MR) is 123 cm³/mol. The molecule has 0 bridgehead atoms. The molecule has 9 heteroatoms. The summed E-state index contributed by atoms with van der Waals surface area (Å²) in [6, 6.07) is 16.9. The second kappa shape index (κ2) is 10.2. The third-order valence-electron chi connectivity index (χ3n) is 4.25. The average molecular weight is 458 g/mol. The van der Waals surface area contributed by atoms with E-state index in [0.717, 1.165) is 14.7 Å². The highest BCUT2D eigenvalue weighted by Crippen LogP contribution is 2.32. The monoisotopic (exact) mass is 457 g/mol. The molecule has 3 rings (SSSR count). The number of hydrogen-bond donors (Lipinski definition) is 1. The molecule has 1 N–H and O–H groups in total. The van der Waals surface area contributed by atoms with Crippen LogP contribution in [0.25, 0.3) is 0 Å². The van der Waals surface area contributed by atoms with Crippen molar-refractivity contribution in [2.24, 2.45) is 5.10 Å². The van der Waals surface area contributed by atoms with Gasteiger partial charge in [-0.3, -0.25) is 9.10 Å². The largest absolute Gasteiger partial charge is 0.492 e. The zero-order chi connectivity index (χ0) is 22.3. The number of rotatable bonds is 9. The Morgan fingerprint density at radius 3 is 2.55 bits per heavy atom. The average Bonchev–Trinajstić information content (AvgIpc) is 3.27. The highest BCUT2D eigenvalue weighted by Gasteiger charge is 2.29. The maximum Gasteiger partial charge on any atom is 0.264 e. The smallest absolute Gasteiger partial charge is 0.264 e. The Morgan fingerprint density at radius 2 is 1.87 bits per heavy atom. The van der Waals surface area contributed by atoms with E-state index in [1.807, 2.05) is 31.4 Å². The molecule has 0 aliphatic heterocycles. The summed E-state index contributed by atoms with van der Waals surface area (Å²) in [4.78, 5) is 13.5. The molecule has 7 nitrogen and oxygen atoms in total. The van der Waals surface area contributed by atoms with Crippen LogP contribution in [0.2, 0.25) is 0 Å². The van der Waals surface area contributed by atoms with E-state index in [2.05, 4.69) is 10.5 Å². The fourth-order valence-corrected chi connectivity index (χ4v) is 4.79. The van der Waals surface area contributed by atoms with Crippen molar-refractivity contribution in [1.29, 1.82) is 0 Å². The molecule has 1 heterocycles. The summed E-state index contributed by atoms with van der Waals surface area (Å²) in [6.45, 7) is 3.58. The summed E-state index contributed by atoms with van der Waals surface area (Å²) in [5, 5.41) is 5.81. The van der Waals surface area contributed by atoms with E-state index in [0.29, 0.717) is 12.4 Å². The van der Waals surface area contributed by atoms with Gasteiger partial charge in [-0.05, 0) is 49.6 Å². The van der Waals surface area contributed by atoms with Crippen molar-refractivity contribution in [3.05, 3.63) is 76.5 Å². The molecular formula is C22H23N3O4S2. The van der Waals surface area contributed by atoms with E-state index in [-0.39, 0.29) is 10.6 Å². The maximum atomic E-state index is 13.5. The van der Waals surface area contributed by atoms with Gasteiger partial charge in [-0.25, -0.2) is 13.8 Å². The second-order valence-electron chi connectivity index (χ2n) is 6.53. The number of hydrogen-bond acceptors (Lipinski definition) is 6. The minimum atomic E-state index is -4.03. The van der Waals surface area contributed by atoms with Gasteiger partial charge in [-0.15, -0.1) is 11.3 Å². The van der Waals surface area contributed by atoms with Gasteiger partial charge in [0.15, 0.2) is 0 Å². The number of thiophene rings is 1. The first kappa shape index (κ1) is 22.5. The molecule has 2 aromatic carbocycles. The third kappa shape index (κ3) is 5.71. The molecular weight excluding hydrogens is 434 g/mol. The fourth-order valence-electron chi connectivity index (χ4n) is 2.78. The van der Waals surface area contributed by atoms with Crippen molar-refractivity contribution in [3.63, 3.8) is 0 Å². The summed E-state index contributed by atoms with van der Waals surface area (Å²) in [7, 11) is -4.03. The van der Waals surface area contributed by atoms with Crippen molar-refractivity contribution in [1.82, 2.24) is 5.43 Å². The number of amides is 1. The summed E-state index contributed by atoms with van der Waals surface area (Å²) in [5.74, 6) is -0.203. The Morgan fingerprint density at radius 1 is 1.13 bits per heavy atom. The van der Waals surface area contributed by atoms with Crippen LogP contribution in [0.4, 0.5) is 5.69 Å². The molecule has 0 radical (unpaired) electrons. The first-order chi connectivity index (χ1) is 14.9. The normalized spacial score (nSPS) is 11.4. The lowest BCUT2D eigenvalue weighted by Gasteiger charge is -2.25. The maximum absolute atomic E-state index is 13.5. The van der Waals surface area contributed by atoms with E-state index >= 15 is 0 Å². The van der Waals surface area contributed by atoms with Crippen LogP contribution in [-0.2, 0) is 14.8 Å². The van der Waals surface area contributed by atoms with Crippen LogP contribution in [0.5, 0.6) is 5.75 Å². The molecule has 1 amide bonds. The molecule has 1 aromatic heterocycles. The van der Waals surface area contributed by atoms with Crippen LogP contribution >= 0.6 is 11.3 Å². The minimum absolute atomic E-state index is 0.0827. The number of nitrogens with one attached hydrogen (secondary N) is 1. The van der Waals surface area contributed by atoms with Crippen molar-refractivity contribution in [3.8, 4) is 5.75 Å². The Hall–Kier alpha value is -3.17. The molecule has 0 fully saturated rings. The number of hydrazone groups is 1. The molecule has 0 aliphatic rings. The van der Waals surface area contributed by atoms with Crippen LogP contribution in [0.3, 0.4) is 0 Å². The predicted octanol–water partition coefficient (Wildman–Crippen LogP) is 3.80. The molecule has 0 atom stereocenters. The number of para-hydroxylation sites is 2. The standard InChI is InChI=1S/C22H23N3O4S2/c1-3-29-21-9-5-4-8-20(21)25(31(27,28)19-12-10-17(2)11-13-19)16-22(26)24-23-15-18-7-6-14-30-18/h4-15H,3,16H2,1-2H3,(H,24,26)/b23-15-. The van der Waals surface area contributed by atoms with E-state index in [9.17, 15) is 13.2 Å². The molecule has 0 unspecified atom stereocenters. The van der Waals surface area contributed by atoms with Crippen LogP contribution in [0, 0.1) is 6.92 Å². The number of carbonyl (C=O) groups excluding carboxylic acids is 1. The lowest BCUT2D eigenvalue weighted by atomic mass is 10.2. The quantitative estimate of drug-likeness (QED) is 0.391. The Labute approximate surface area is 186 Å². The highest BCUT2D eigenvalue weighted by molar-refractivity contribution is 7.92. The number of anilines is 1. The van der Waals surface area contributed by atoms with E-state index < -0.39 is 22.5 Å². The first-order valence-corrected chi connectivity index (χ1v) is 11.9. The van der Waals surface area contributed by atoms with Crippen LogP contribution in [0.15, 0.2) is 76.0 Å². The zero-order valence-corrected chi connectivity index (χ0v) is 18.8. The number of nitrogens with zero attached hydrogens (tertiary/aromatic N) is 2. The molecule has 0 saturated carbocycles. The second-order valence-corrected chi connectivity index (χ2v) is 9.38. The van der Waals surface area contributed by atoms with Gasteiger partial charge in [-0.1, -0.05) is 35.9 Å². The zero-order valence-electron chi connectivity index (χ0n) is 17.2. The van der Waals surface area contributed by atoms with Gasteiger partial charge in [0, 0.05) is 4.88 Å². The van der Waals surface area contributed by atoms with E-state index in [1.165, 1.54) is 29.7 Å². The van der Waals surface area contributed by atoms with E-state index in [1.54, 1.807) is 36.4 Å². The van der Waals surface area contributed by atoms with E-state index in [4.69, 9.17) is 4.74 Å². The molecule has 162 valence electrons. The topological polar surface area (TPSA) is 88.1 Å². The van der Waals surface area contributed by atoms with Gasteiger partial charge in [-0.2, -0.15) is 5.10 Å². The van der Waals surface area contributed by atoms with Gasteiger partial charge in [0.25, 0.3) is 15.9 Å². The van der Waals surface area contributed by atoms with Crippen molar-refractivity contribution in [2.45, 2.75) is 18.7 Å². The SMILES string of the molecule is CCOc1ccccc1N(CC(=O)N/N=C\c1cccs1)S(=O)(=O)c1ccc(C)cc1. The number of benzene rings is 2. The first-order valence-electron chi connectivity index (χ1n) is 9.58. The van der Waals surface area contributed by atoms with Crippen LogP contribution in [0.1, 0.15) is 17.4 Å². The lowest BCUT2D eigenvalue weighted by molar-refractivity contribution is -0.119. The number of ether oxygens (including phenoxy) is 1. The third-order valence-corrected chi connectivity index (χ3v) is 6.84. The Balaban J connectivity index is 1.92. The lowest BCUT2D eigenvalue weighted by Crippen LogP contribution is -2.39. The van der Waals surface area contributed by atoms with Crippen LogP contribution in [-0.4, -0.2) is 33.7 Å². The number of aryl methyl sites for hydroxylation is 1. The molecule has 0 aliphatic carbocycles. The highest BCUT2D eigenvalue weighted by atomic mass is 32.2. The molecule has 31 heavy (non-hydrogen) atoms. The summed E-state index contributed by atoms with van der Waals surface area (Å²) >= 11 is 1.47. The molecule has 0 saturated heterocycles. The van der Waals surface area contributed by atoms with Crippen LogP contribution < -0.4 is 14.5 Å². The number of carbonyl (C=O) groups is 1. The minimum Gasteiger partial charge on any atom is -0.492 e. The van der Waals surface area contributed by atoms with Gasteiger partial charge in [0.1, 0.15) is 12.3 Å². The summed E-state index contributed by atoms with van der Waals surface area (Å²) in [5.41, 5.74) is 3.61. The van der Waals surface area contributed by atoms with Crippen molar-refractivity contribution < 1.29 is 17.9 Å². The fraction of sp³-hybridized carbons (Fsp3) is 0.182. The Kier molecular flexibility index (Phi) is 7.43.